The molecule has 0 bridgehead atoms. The summed E-state index contributed by atoms with van der Waals surface area (Å²) in [4.78, 5) is 38.6. The maximum Gasteiger partial charge on any atom is 0.327 e. The van der Waals surface area contributed by atoms with E-state index in [4.69, 9.17) is 5.73 Å². The molecule has 1 atom stereocenters. The van der Waals surface area contributed by atoms with Crippen LogP contribution in [0.25, 0.3) is 22.7 Å². The van der Waals surface area contributed by atoms with Crippen molar-refractivity contribution in [3.8, 4) is 11.5 Å². The molecule has 1 unspecified atom stereocenters. The number of thiazole rings is 1. The SMILES string of the molecule is CC(N)c1nc(-c2nc3[nH]c(=O)[nH]c(=O)c3[nH]2)cs1. The fourth-order valence-corrected chi connectivity index (χ4v) is 2.42. The highest BCUT2D eigenvalue weighted by atomic mass is 32.1. The maximum absolute atomic E-state index is 11.6. The molecule has 0 aliphatic heterocycles. The van der Waals surface area contributed by atoms with E-state index >= 15 is 0 Å². The number of fused-ring (bicyclic) bond motifs is 1. The van der Waals surface area contributed by atoms with E-state index in [9.17, 15) is 9.59 Å². The minimum atomic E-state index is -0.593. The van der Waals surface area contributed by atoms with Crippen LogP contribution >= 0.6 is 11.3 Å². The van der Waals surface area contributed by atoms with Gasteiger partial charge in [-0.25, -0.2) is 14.8 Å². The topological polar surface area (TPSA) is 133 Å². The second-order valence-corrected chi connectivity index (χ2v) is 4.97. The van der Waals surface area contributed by atoms with Crippen molar-refractivity contribution in [2.75, 3.05) is 0 Å². The minimum Gasteiger partial charge on any atom is -0.331 e. The summed E-state index contributed by atoms with van der Waals surface area (Å²) in [7, 11) is 0. The number of H-pyrrole nitrogens is 3. The average molecular weight is 278 g/mol. The zero-order chi connectivity index (χ0) is 13.6. The molecule has 0 aliphatic carbocycles. The molecule has 98 valence electrons. The maximum atomic E-state index is 11.6. The van der Waals surface area contributed by atoms with Gasteiger partial charge < -0.3 is 10.7 Å². The zero-order valence-electron chi connectivity index (χ0n) is 9.85. The normalized spacial score (nSPS) is 12.9. The number of hydrogen-bond donors (Lipinski definition) is 4. The molecule has 19 heavy (non-hydrogen) atoms. The largest absolute Gasteiger partial charge is 0.331 e. The summed E-state index contributed by atoms with van der Waals surface area (Å²) in [6, 6.07) is -0.161. The Morgan fingerprint density at radius 3 is 2.74 bits per heavy atom. The number of imidazole rings is 1. The Hall–Kier alpha value is -2.26. The Kier molecular flexibility index (Phi) is 2.57. The fourth-order valence-electron chi connectivity index (χ4n) is 1.66. The predicted octanol–water partition coefficient (Wildman–Crippen LogP) is 0.0827. The first-order valence-corrected chi connectivity index (χ1v) is 6.36. The van der Waals surface area contributed by atoms with Crippen molar-refractivity contribution in [1.29, 1.82) is 0 Å². The van der Waals surface area contributed by atoms with Crippen LogP contribution in [0, 0.1) is 0 Å². The summed E-state index contributed by atoms with van der Waals surface area (Å²) in [5.74, 6) is 0.422. The van der Waals surface area contributed by atoms with Gasteiger partial charge in [0.25, 0.3) is 5.56 Å². The Balaban J connectivity index is 2.17. The first-order chi connectivity index (χ1) is 9.04. The van der Waals surface area contributed by atoms with E-state index < -0.39 is 11.2 Å². The molecule has 8 nitrogen and oxygen atoms in total. The molecular weight excluding hydrogens is 268 g/mol. The van der Waals surface area contributed by atoms with Crippen LogP contribution in [0.4, 0.5) is 0 Å². The van der Waals surface area contributed by atoms with Gasteiger partial charge in [0.05, 0.1) is 6.04 Å². The lowest BCUT2D eigenvalue weighted by Gasteiger charge is -1.96. The summed E-state index contributed by atoms with van der Waals surface area (Å²) in [5, 5.41) is 2.57. The third-order valence-corrected chi connectivity index (χ3v) is 3.59. The smallest absolute Gasteiger partial charge is 0.327 e. The summed E-state index contributed by atoms with van der Waals surface area (Å²) >= 11 is 1.42. The second kappa shape index (κ2) is 4.14. The van der Waals surface area contributed by atoms with Crippen LogP contribution < -0.4 is 17.0 Å². The average Bonchev–Trinajstić information content (AvgIpc) is 2.92. The first-order valence-electron chi connectivity index (χ1n) is 5.48. The number of aromatic nitrogens is 5. The number of nitrogens with two attached hydrogens (primary N) is 1. The molecular formula is C10H10N6O2S. The lowest BCUT2D eigenvalue weighted by molar-refractivity contribution is 0.807. The van der Waals surface area contributed by atoms with Gasteiger partial charge in [-0.2, -0.15) is 0 Å². The third-order valence-electron chi connectivity index (χ3n) is 2.54. The number of hydrogen-bond acceptors (Lipinski definition) is 6. The number of nitrogens with zero attached hydrogens (tertiary/aromatic N) is 2. The lowest BCUT2D eigenvalue weighted by Crippen LogP contribution is -2.21. The van der Waals surface area contributed by atoms with E-state index in [1.807, 2.05) is 6.92 Å². The van der Waals surface area contributed by atoms with Gasteiger partial charge in [0, 0.05) is 5.38 Å². The van der Waals surface area contributed by atoms with E-state index in [2.05, 4.69) is 24.9 Å². The zero-order valence-corrected chi connectivity index (χ0v) is 10.7. The monoisotopic (exact) mass is 278 g/mol. The van der Waals surface area contributed by atoms with Crippen LogP contribution in [0.2, 0.25) is 0 Å². The fraction of sp³-hybridized carbons (Fsp3) is 0.200. The van der Waals surface area contributed by atoms with E-state index in [0.717, 1.165) is 5.01 Å². The highest BCUT2D eigenvalue weighted by Crippen LogP contribution is 2.23. The molecule has 0 aliphatic rings. The van der Waals surface area contributed by atoms with Crippen LogP contribution in [-0.4, -0.2) is 24.9 Å². The molecule has 3 aromatic heterocycles. The molecule has 0 saturated heterocycles. The van der Waals surface area contributed by atoms with Gasteiger partial charge in [-0.05, 0) is 6.92 Å². The molecule has 0 amide bonds. The highest BCUT2D eigenvalue weighted by Gasteiger charge is 2.13. The van der Waals surface area contributed by atoms with Gasteiger partial charge in [0.15, 0.2) is 11.5 Å². The lowest BCUT2D eigenvalue weighted by atomic mass is 10.4. The van der Waals surface area contributed by atoms with Crippen molar-refractivity contribution in [3.05, 3.63) is 31.2 Å². The Bertz CT molecular complexity index is 855. The number of nitrogens with one attached hydrogen (secondary N) is 3. The molecule has 9 heteroatoms. The summed E-state index contributed by atoms with van der Waals surface area (Å²) in [6.45, 7) is 1.84. The molecule has 3 heterocycles. The van der Waals surface area contributed by atoms with Crippen LogP contribution in [-0.2, 0) is 0 Å². The van der Waals surface area contributed by atoms with E-state index in [-0.39, 0.29) is 17.2 Å². The van der Waals surface area contributed by atoms with Gasteiger partial charge in [-0.1, -0.05) is 0 Å². The second-order valence-electron chi connectivity index (χ2n) is 4.08. The van der Waals surface area contributed by atoms with Crippen molar-refractivity contribution in [2.24, 2.45) is 5.73 Å². The summed E-state index contributed by atoms with van der Waals surface area (Å²) in [6.07, 6.45) is 0. The molecule has 0 radical (unpaired) electrons. The van der Waals surface area contributed by atoms with Gasteiger partial charge in [0.2, 0.25) is 0 Å². The Morgan fingerprint density at radius 1 is 1.26 bits per heavy atom. The van der Waals surface area contributed by atoms with Crippen molar-refractivity contribution in [1.82, 2.24) is 24.9 Å². The molecule has 0 saturated carbocycles. The first kappa shape index (κ1) is 11.8. The Labute approximate surface area is 109 Å². The quantitative estimate of drug-likeness (QED) is 0.527. The van der Waals surface area contributed by atoms with E-state index in [1.54, 1.807) is 5.38 Å². The molecule has 0 spiro atoms. The van der Waals surface area contributed by atoms with Crippen molar-refractivity contribution >= 4 is 22.5 Å². The molecule has 3 aromatic rings. The molecule has 0 fully saturated rings. The van der Waals surface area contributed by atoms with Crippen molar-refractivity contribution in [2.45, 2.75) is 13.0 Å². The van der Waals surface area contributed by atoms with E-state index in [0.29, 0.717) is 11.5 Å². The standard InChI is InChI=1S/C10H10N6O2S/c1-3(11)9-12-4(2-19-9)6-13-5-7(14-6)15-10(18)16-8(5)17/h2-3H,11H2,1H3,(H3,13,14,15,16,17,18). The van der Waals surface area contributed by atoms with Gasteiger partial charge in [-0.15, -0.1) is 11.3 Å². The third kappa shape index (κ3) is 1.98. The van der Waals surface area contributed by atoms with Crippen LogP contribution in [0.3, 0.4) is 0 Å². The molecule has 3 rings (SSSR count). The Morgan fingerprint density at radius 2 is 2.05 bits per heavy atom. The van der Waals surface area contributed by atoms with Crippen LogP contribution in [0.1, 0.15) is 18.0 Å². The number of rotatable bonds is 2. The summed E-state index contributed by atoms with van der Waals surface area (Å²) in [5.41, 5.74) is 5.64. The highest BCUT2D eigenvalue weighted by molar-refractivity contribution is 7.10. The van der Waals surface area contributed by atoms with Crippen molar-refractivity contribution < 1.29 is 0 Å². The summed E-state index contributed by atoms with van der Waals surface area (Å²) < 4.78 is 0. The molecule has 0 aromatic carbocycles. The number of aromatic amines is 3. The van der Waals surface area contributed by atoms with Crippen LogP contribution in [0.5, 0.6) is 0 Å². The van der Waals surface area contributed by atoms with Crippen molar-refractivity contribution in [3.63, 3.8) is 0 Å². The van der Waals surface area contributed by atoms with Crippen LogP contribution in [0.15, 0.2) is 15.0 Å². The van der Waals surface area contributed by atoms with Gasteiger partial charge in [-0.3, -0.25) is 14.8 Å². The van der Waals surface area contributed by atoms with Gasteiger partial charge in [0.1, 0.15) is 16.2 Å². The van der Waals surface area contributed by atoms with Gasteiger partial charge >= 0.3 is 5.69 Å². The minimum absolute atomic E-state index is 0.161. The van der Waals surface area contributed by atoms with E-state index in [1.165, 1.54) is 11.3 Å². The molecule has 5 N–H and O–H groups in total. The predicted molar refractivity (Wildman–Crippen MR) is 71.0 cm³/mol.